The highest BCUT2D eigenvalue weighted by molar-refractivity contribution is 5.98. The molecule has 1 amide bonds. The summed E-state index contributed by atoms with van der Waals surface area (Å²) in [6.07, 6.45) is 0. The van der Waals surface area contributed by atoms with E-state index in [4.69, 9.17) is 5.26 Å². The fourth-order valence-electron chi connectivity index (χ4n) is 2.06. The van der Waals surface area contributed by atoms with Gasteiger partial charge in [0.25, 0.3) is 0 Å². The minimum Gasteiger partial charge on any atom is -0.325 e. The molecular formula is C18H18N2O. The Balaban J connectivity index is 2.22. The maximum atomic E-state index is 12.5. The summed E-state index contributed by atoms with van der Waals surface area (Å²) < 4.78 is 0. The van der Waals surface area contributed by atoms with E-state index >= 15 is 0 Å². The van der Waals surface area contributed by atoms with Gasteiger partial charge < -0.3 is 5.32 Å². The Kier molecular flexibility index (Phi) is 4.09. The summed E-state index contributed by atoms with van der Waals surface area (Å²) >= 11 is 0. The van der Waals surface area contributed by atoms with Gasteiger partial charge in [0.1, 0.15) is 0 Å². The Labute approximate surface area is 125 Å². The Bertz CT molecular complexity index is 694. The second-order valence-electron chi connectivity index (χ2n) is 5.64. The topological polar surface area (TPSA) is 52.9 Å². The second-order valence-corrected chi connectivity index (χ2v) is 5.64. The molecule has 3 nitrogen and oxygen atoms in total. The lowest BCUT2D eigenvalue weighted by Gasteiger charge is -2.24. The van der Waals surface area contributed by atoms with Crippen molar-refractivity contribution in [3.05, 3.63) is 65.2 Å². The van der Waals surface area contributed by atoms with Crippen LogP contribution in [0.25, 0.3) is 0 Å². The number of rotatable bonds is 3. The first-order valence-corrected chi connectivity index (χ1v) is 6.82. The van der Waals surface area contributed by atoms with E-state index in [1.807, 2.05) is 45.0 Å². The largest absolute Gasteiger partial charge is 0.325 e. The normalized spacial score (nSPS) is 10.8. The van der Waals surface area contributed by atoms with Crippen LogP contribution < -0.4 is 5.32 Å². The molecule has 0 aliphatic carbocycles. The summed E-state index contributed by atoms with van der Waals surface area (Å²) in [5, 5.41) is 11.8. The molecule has 2 rings (SSSR count). The predicted octanol–water partition coefficient (Wildman–Crippen LogP) is 3.78. The zero-order chi connectivity index (χ0) is 15.5. The van der Waals surface area contributed by atoms with E-state index in [1.54, 1.807) is 24.3 Å². The molecule has 0 aliphatic rings. The third-order valence-electron chi connectivity index (χ3n) is 3.59. The summed E-state index contributed by atoms with van der Waals surface area (Å²) in [6.45, 7) is 5.80. The van der Waals surface area contributed by atoms with Crippen LogP contribution in [0.3, 0.4) is 0 Å². The Morgan fingerprint density at radius 2 is 1.81 bits per heavy atom. The van der Waals surface area contributed by atoms with Crippen molar-refractivity contribution in [1.82, 2.24) is 0 Å². The molecule has 1 N–H and O–H groups in total. The molecule has 2 aromatic carbocycles. The smallest absolute Gasteiger partial charge is 0.234 e. The van der Waals surface area contributed by atoms with Gasteiger partial charge in [0.15, 0.2) is 0 Å². The van der Waals surface area contributed by atoms with E-state index in [0.717, 1.165) is 11.1 Å². The average Bonchev–Trinajstić information content (AvgIpc) is 2.48. The third-order valence-corrected chi connectivity index (χ3v) is 3.59. The minimum atomic E-state index is -0.643. The number of carbonyl (C=O) groups is 1. The number of anilines is 1. The number of aryl methyl sites for hydroxylation is 1. The van der Waals surface area contributed by atoms with Gasteiger partial charge in [-0.1, -0.05) is 35.9 Å². The first-order chi connectivity index (χ1) is 9.93. The lowest BCUT2D eigenvalue weighted by Crippen LogP contribution is -2.34. The highest BCUT2D eigenvalue weighted by atomic mass is 16.2. The van der Waals surface area contributed by atoms with Gasteiger partial charge in [-0.15, -0.1) is 0 Å². The third kappa shape index (κ3) is 3.29. The molecule has 0 aliphatic heterocycles. The monoisotopic (exact) mass is 278 g/mol. The summed E-state index contributed by atoms with van der Waals surface area (Å²) in [6, 6.07) is 16.9. The van der Waals surface area contributed by atoms with Crippen molar-refractivity contribution in [3.63, 3.8) is 0 Å². The fourth-order valence-corrected chi connectivity index (χ4v) is 2.06. The van der Waals surface area contributed by atoms with Gasteiger partial charge in [0.05, 0.1) is 17.0 Å². The molecule has 3 heteroatoms. The van der Waals surface area contributed by atoms with Crippen molar-refractivity contribution in [2.45, 2.75) is 26.2 Å². The first kappa shape index (κ1) is 14.8. The van der Waals surface area contributed by atoms with Gasteiger partial charge >= 0.3 is 0 Å². The van der Waals surface area contributed by atoms with Gasteiger partial charge in [-0.05, 0) is 44.5 Å². The summed E-state index contributed by atoms with van der Waals surface area (Å²) in [5.74, 6) is -0.0959. The highest BCUT2D eigenvalue weighted by Crippen LogP contribution is 2.25. The SMILES string of the molecule is Cc1ccc(C(C)(C)C(=O)Nc2cccc(C#N)c2)cc1. The average molecular weight is 278 g/mol. The first-order valence-electron chi connectivity index (χ1n) is 6.82. The molecule has 0 spiro atoms. The quantitative estimate of drug-likeness (QED) is 0.928. The van der Waals surface area contributed by atoms with Crippen molar-refractivity contribution < 1.29 is 4.79 Å². The molecular weight excluding hydrogens is 260 g/mol. The van der Waals surface area contributed by atoms with Crippen LogP contribution in [-0.4, -0.2) is 5.91 Å². The van der Waals surface area contributed by atoms with E-state index < -0.39 is 5.41 Å². The van der Waals surface area contributed by atoms with Crippen LogP contribution in [0.5, 0.6) is 0 Å². The van der Waals surface area contributed by atoms with Crippen molar-refractivity contribution in [2.75, 3.05) is 5.32 Å². The standard InChI is InChI=1S/C18H18N2O/c1-13-7-9-15(10-8-13)18(2,3)17(21)20-16-6-4-5-14(11-16)12-19/h4-11H,1-3H3,(H,20,21). The van der Waals surface area contributed by atoms with Crippen LogP contribution in [0.15, 0.2) is 48.5 Å². The summed E-state index contributed by atoms with van der Waals surface area (Å²) in [4.78, 5) is 12.5. The van der Waals surface area contributed by atoms with Gasteiger partial charge in [-0.25, -0.2) is 0 Å². The van der Waals surface area contributed by atoms with Crippen molar-refractivity contribution in [2.24, 2.45) is 0 Å². The van der Waals surface area contributed by atoms with Crippen molar-refractivity contribution in [3.8, 4) is 6.07 Å². The number of carbonyl (C=O) groups excluding carboxylic acids is 1. The molecule has 2 aromatic rings. The molecule has 0 unspecified atom stereocenters. The number of nitriles is 1. The number of benzene rings is 2. The summed E-state index contributed by atoms with van der Waals surface area (Å²) in [7, 11) is 0. The molecule has 0 saturated heterocycles. The zero-order valence-corrected chi connectivity index (χ0v) is 12.5. The van der Waals surface area contributed by atoms with Crippen molar-refractivity contribution >= 4 is 11.6 Å². The predicted molar refractivity (Wildman–Crippen MR) is 84.0 cm³/mol. The van der Waals surface area contributed by atoms with Crippen LogP contribution in [0.4, 0.5) is 5.69 Å². The lowest BCUT2D eigenvalue weighted by atomic mass is 9.83. The Morgan fingerprint density at radius 3 is 2.43 bits per heavy atom. The maximum absolute atomic E-state index is 12.5. The van der Waals surface area contributed by atoms with Crippen LogP contribution >= 0.6 is 0 Å². The van der Waals surface area contributed by atoms with Gasteiger partial charge in [-0.2, -0.15) is 5.26 Å². The molecule has 0 atom stereocenters. The van der Waals surface area contributed by atoms with Crippen LogP contribution in [0.1, 0.15) is 30.5 Å². The number of amides is 1. The van der Waals surface area contributed by atoms with Crippen LogP contribution in [-0.2, 0) is 10.2 Å². The number of nitrogens with one attached hydrogen (secondary N) is 1. The van der Waals surface area contributed by atoms with Crippen molar-refractivity contribution in [1.29, 1.82) is 5.26 Å². The van der Waals surface area contributed by atoms with Crippen LogP contribution in [0.2, 0.25) is 0 Å². The van der Waals surface area contributed by atoms with Gasteiger partial charge in [0, 0.05) is 5.69 Å². The second kappa shape index (κ2) is 5.80. The number of hydrogen-bond acceptors (Lipinski definition) is 2. The molecule has 21 heavy (non-hydrogen) atoms. The molecule has 0 fully saturated rings. The van der Waals surface area contributed by atoms with E-state index in [-0.39, 0.29) is 5.91 Å². The molecule has 106 valence electrons. The van der Waals surface area contributed by atoms with Gasteiger partial charge in [-0.3, -0.25) is 4.79 Å². The summed E-state index contributed by atoms with van der Waals surface area (Å²) in [5.41, 5.74) is 2.65. The maximum Gasteiger partial charge on any atom is 0.234 e. The molecule has 0 heterocycles. The zero-order valence-electron chi connectivity index (χ0n) is 12.5. The fraction of sp³-hybridized carbons (Fsp3) is 0.222. The molecule has 0 aromatic heterocycles. The van der Waals surface area contributed by atoms with Gasteiger partial charge in [0.2, 0.25) is 5.91 Å². The number of nitrogens with zero attached hydrogens (tertiary/aromatic N) is 1. The Morgan fingerprint density at radius 1 is 1.14 bits per heavy atom. The molecule has 0 saturated carbocycles. The highest BCUT2D eigenvalue weighted by Gasteiger charge is 2.29. The Hall–Kier alpha value is -2.60. The number of hydrogen-bond donors (Lipinski definition) is 1. The van der Waals surface area contributed by atoms with Crippen LogP contribution in [0, 0.1) is 18.3 Å². The molecule has 0 radical (unpaired) electrons. The van der Waals surface area contributed by atoms with E-state index in [2.05, 4.69) is 11.4 Å². The van der Waals surface area contributed by atoms with E-state index in [0.29, 0.717) is 11.3 Å². The lowest BCUT2D eigenvalue weighted by molar-refractivity contribution is -0.120. The van der Waals surface area contributed by atoms with E-state index in [9.17, 15) is 4.79 Å². The minimum absolute atomic E-state index is 0.0959. The molecule has 0 bridgehead atoms. The van der Waals surface area contributed by atoms with E-state index in [1.165, 1.54) is 0 Å².